The molecular weight excluding hydrogens is 389 g/mol. The molecule has 5 heteroatoms. The summed E-state index contributed by atoms with van der Waals surface area (Å²) in [7, 11) is 0. The van der Waals surface area contributed by atoms with Crippen molar-refractivity contribution in [3.05, 3.63) is 35.4 Å². The van der Waals surface area contributed by atoms with E-state index in [4.69, 9.17) is 4.74 Å². The third-order valence-electron chi connectivity index (χ3n) is 3.01. The Morgan fingerprint density at radius 2 is 1.82 bits per heavy atom. The fourth-order valence-corrected chi connectivity index (χ4v) is 1.87. The molecular formula is C17H30IN3O. The van der Waals surface area contributed by atoms with Gasteiger partial charge in [-0.3, -0.25) is 0 Å². The fourth-order valence-electron chi connectivity index (χ4n) is 1.87. The molecule has 0 unspecified atom stereocenters. The van der Waals surface area contributed by atoms with Crippen molar-refractivity contribution in [1.82, 2.24) is 10.6 Å². The van der Waals surface area contributed by atoms with Crippen molar-refractivity contribution < 1.29 is 4.74 Å². The first kappa shape index (κ1) is 21.2. The van der Waals surface area contributed by atoms with E-state index in [2.05, 4.69) is 54.6 Å². The lowest BCUT2D eigenvalue weighted by molar-refractivity contribution is 0.133. The monoisotopic (exact) mass is 419 g/mol. The van der Waals surface area contributed by atoms with E-state index in [1.54, 1.807) is 0 Å². The molecule has 22 heavy (non-hydrogen) atoms. The van der Waals surface area contributed by atoms with Crippen LogP contribution in [0.1, 0.15) is 38.8 Å². The number of nitrogens with one attached hydrogen (secondary N) is 2. The van der Waals surface area contributed by atoms with Crippen molar-refractivity contribution in [3.63, 3.8) is 0 Å². The molecule has 0 heterocycles. The van der Waals surface area contributed by atoms with Crippen molar-refractivity contribution in [3.8, 4) is 0 Å². The molecule has 4 nitrogen and oxygen atoms in total. The predicted molar refractivity (Wildman–Crippen MR) is 105 cm³/mol. The van der Waals surface area contributed by atoms with Crippen LogP contribution < -0.4 is 10.6 Å². The summed E-state index contributed by atoms with van der Waals surface area (Å²) in [6, 6.07) is 8.32. The molecule has 0 amide bonds. The molecule has 0 bridgehead atoms. The van der Waals surface area contributed by atoms with Gasteiger partial charge in [-0.2, -0.15) is 0 Å². The summed E-state index contributed by atoms with van der Waals surface area (Å²) in [5.41, 5.74) is 2.43. The summed E-state index contributed by atoms with van der Waals surface area (Å²) >= 11 is 0. The summed E-state index contributed by atoms with van der Waals surface area (Å²) in [5.74, 6) is 1.47. The minimum absolute atomic E-state index is 0. The first-order valence-electron chi connectivity index (χ1n) is 7.84. The first-order chi connectivity index (χ1) is 10.2. The van der Waals surface area contributed by atoms with Gasteiger partial charge in [0.25, 0.3) is 0 Å². The Bertz CT molecular complexity index is 436. The van der Waals surface area contributed by atoms with Crippen LogP contribution in [-0.4, -0.2) is 25.7 Å². The number of benzene rings is 1. The standard InChI is InChI=1S/C17H29N3O.HI/c1-5-18-17(19-11-14(3)4)20-12-15-9-7-8-10-16(15)13-21-6-2;/h7-10,14H,5-6,11-13H2,1-4H3,(H2,18,19,20);1H. The largest absolute Gasteiger partial charge is 0.377 e. The molecule has 0 atom stereocenters. The van der Waals surface area contributed by atoms with Crippen LogP contribution in [0.4, 0.5) is 0 Å². The van der Waals surface area contributed by atoms with Gasteiger partial charge in [0.1, 0.15) is 0 Å². The molecule has 126 valence electrons. The third-order valence-corrected chi connectivity index (χ3v) is 3.01. The summed E-state index contributed by atoms with van der Waals surface area (Å²) in [6.07, 6.45) is 0. The Hall–Kier alpha value is -0.820. The molecule has 0 aromatic heterocycles. The molecule has 1 aromatic rings. The molecule has 0 saturated carbocycles. The maximum Gasteiger partial charge on any atom is 0.191 e. The highest BCUT2D eigenvalue weighted by Gasteiger charge is 2.03. The highest BCUT2D eigenvalue weighted by molar-refractivity contribution is 14.0. The van der Waals surface area contributed by atoms with Gasteiger partial charge in [-0.05, 0) is 30.9 Å². The molecule has 0 aliphatic carbocycles. The minimum Gasteiger partial charge on any atom is -0.377 e. The molecule has 0 aliphatic heterocycles. The van der Waals surface area contributed by atoms with Crippen molar-refractivity contribution in [2.45, 2.75) is 40.8 Å². The normalized spacial score (nSPS) is 11.2. The van der Waals surface area contributed by atoms with Gasteiger partial charge >= 0.3 is 0 Å². The molecule has 2 N–H and O–H groups in total. The Kier molecular flexibility index (Phi) is 12.2. The van der Waals surface area contributed by atoms with E-state index in [1.807, 2.05) is 13.0 Å². The number of ether oxygens (including phenoxy) is 1. The fraction of sp³-hybridized carbons (Fsp3) is 0.588. The Morgan fingerprint density at radius 1 is 1.14 bits per heavy atom. The van der Waals surface area contributed by atoms with Crippen molar-refractivity contribution >= 4 is 29.9 Å². The number of nitrogens with zero attached hydrogens (tertiary/aromatic N) is 1. The van der Waals surface area contributed by atoms with Gasteiger partial charge in [0.2, 0.25) is 0 Å². The van der Waals surface area contributed by atoms with Crippen LogP contribution in [0.2, 0.25) is 0 Å². The van der Waals surface area contributed by atoms with Crippen LogP contribution in [0.25, 0.3) is 0 Å². The van der Waals surface area contributed by atoms with Crippen LogP contribution in [0.15, 0.2) is 29.3 Å². The van der Waals surface area contributed by atoms with E-state index in [0.717, 1.165) is 25.7 Å². The predicted octanol–water partition coefficient (Wildman–Crippen LogP) is 3.55. The van der Waals surface area contributed by atoms with Gasteiger partial charge in [0, 0.05) is 19.7 Å². The number of hydrogen-bond acceptors (Lipinski definition) is 2. The average Bonchev–Trinajstić information content (AvgIpc) is 2.48. The topological polar surface area (TPSA) is 45.7 Å². The summed E-state index contributed by atoms with van der Waals surface area (Å²) in [6.45, 7) is 12.3. The average molecular weight is 419 g/mol. The van der Waals surface area contributed by atoms with Crippen LogP contribution in [0, 0.1) is 5.92 Å². The maximum absolute atomic E-state index is 5.51. The molecule has 0 saturated heterocycles. The lowest BCUT2D eigenvalue weighted by Crippen LogP contribution is -2.39. The summed E-state index contributed by atoms with van der Waals surface area (Å²) < 4.78 is 5.51. The van der Waals surface area contributed by atoms with Crippen LogP contribution >= 0.6 is 24.0 Å². The first-order valence-corrected chi connectivity index (χ1v) is 7.84. The molecule has 1 aromatic carbocycles. The summed E-state index contributed by atoms with van der Waals surface area (Å²) in [5, 5.41) is 6.64. The van der Waals surface area contributed by atoms with E-state index in [9.17, 15) is 0 Å². The minimum atomic E-state index is 0. The summed E-state index contributed by atoms with van der Waals surface area (Å²) in [4.78, 5) is 4.66. The Morgan fingerprint density at radius 3 is 2.41 bits per heavy atom. The maximum atomic E-state index is 5.51. The Labute approximate surface area is 152 Å². The number of aliphatic imine (C=N–C) groups is 1. The zero-order valence-electron chi connectivity index (χ0n) is 14.2. The lowest BCUT2D eigenvalue weighted by Gasteiger charge is -2.13. The van der Waals surface area contributed by atoms with Crippen LogP contribution in [-0.2, 0) is 17.9 Å². The van der Waals surface area contributed by atoms with Crippen molar-refractivity contribution in [1.29, 1.82) is 0 Å². The highest BCUT2D eigenvalue weighted by Crippen LogP contribution is 2.11. The van der Waals surface area contributed by atoms with Gasteiger partial charge in [-0.15, -0.1) is 24.0 Å². The number of rotatable bonds is 8. The van der Waals surface area contributed by atoms with E-state index in [0.29, 0.717) is 19.1 Å². The Balaban J connectivity index is 0.00000441. The third kappa shape index (κ3) is 8.58. The van der Waals surface area contributed by atoms with E-state index >= 15 is 0 Å². The van der Waals surface area contributed by atoms with Gasteiger partial charge < -0.3 is 15.4 Å². The number of guanidine groups is 1. The van der Waals surface area contributed by atoms with Crippen molar-refractivity contribution in [2.24, 2.45) is 10.9 Å². The lowest BCUT2D eigenvalue weighted by atomic mass is 10.1. The van der Waals surface area contributed by atoms with Gasteiger partial charge in [0.15, 0.2) is 5.96 Å². The molecule has 0 spiro atoms. The van der Waals surface area contributed by atoms with Gasteiger partial charge in [-0.25, -0.2) is 4.99 Å². The molecule has 0 aliphatic rings. The number of hydrogen-bond donors (Lipinski definition) is 2. The molecule has 0 radical (unpaired) electrons. The smallest absolute Gasteiger partial charge is 0.191 e. The zero-order chi connectivity index (χ0) is 15.5. The quantitative estimate of drug-likeness (QED) is 0.385. The highest BCUT2D eigenvalue weighted by atomic mass is 127. The van der Waals surface area contributed by atoms with E-state index in [1.165, 1.54) is 11.1 Å². The SMILES string of the molecule is CCNC(=NCc1ccccc1COCC)NCC(C)C.I. The molecule has 0 fully saturated rings. The second-order valence-corrected chi connectivity index (χ2v) is 5.38. The van der Waals surface area contributed by atoms with Crippen molar-refractivity contribution in [2.75, 3.05) is 19.7 Å². The van der Waals surface area contributed by atoms with E-state index < -0.39 is 0 Å². The second-order valence-electron chi connectivity index (χ2n) is 5.38. The number of halogens is 1. The molecule has 1 rings (SSSR count). The van der Waals surface area contributed by atoms with Gasteiger partial charge in [0.05, 0.1) is 13.2 Å². The second kappa shape index (κ2) is 12.7. The van der Waals surface area contributed by atoms with Crippen LogP contribution in [0.5, 0.6) is 0 Å². The van der Waals surface area contributed by atoms with Gasteiger partial charge in [-0.1, -0.05) is 38.1 Å². The zero-order valence-corrected chi connectivity index (χ0v) is 16.5. The van der Waals surface area contributed by atoms with E-state index in [-0.39, 0.29) is 24.0 Å². The van der Waals surface area contributed by atoms with Crippen LogP contribution in [0.3, 0.4) is 0 Å².